The van der Waals surface area contributed by atoms with E-state index in [0.29, 0.717) is 36.6 Å². The summed E-state index contributed by atoms with van der Waals surface area (Å²) in [5.41, 5.74) is -0.330. The number of amides is 2. The molecule has 7 heteroatoms. The van der Waals surface area contributed by atoms with Gasteiger partial charge < -0.3 is 19.5 Å². The SMILES string of the molecule is CC(C)N(C)C(=O)c1cn(CC2(O)CCN(C(=O)[C@H](C)CC3CCCCC3)CC2(C)C)c(=O)cc1-c1ccccc1. The molecule has 2 fully saturated rings. The van der Waals surface area contributed by atoms with Crippen molar-refractivity contribution in [3.05, 3.63) is 58.5 Å². The number of piperidine rings is 1. The number of carbonyl (C=O) groups excluding carboxylic acids is 2. The number of rotatable bonds is 8. The molecule has 2 heterocycles. The molecule has 1 N–H and O–H groups in total. The van der Waals surface area contributed by atoms with Gasteiger partial charge in [-0.25, -0.2) is 0 Å². The predicted molar refractivity (Wildman–Crippen MR) is 164 cm³/mol. The van der Waals surface area contributed by atoms with Gasteiger partial charge >= 0.3 is 0 Å². The Morgan fingerprint density at radius 3 is 2.34 bits per heavy atom. The highest BCUT2D eigenvalue weighted by molar-refractivity contribution is 6.00. The lowest BCUT2D eigenvalue weighted by molar-refractivity contribution is -0.157. The van der Waals surface area contributed by atoms with Crippen LogP contribution in [0.25, 0.3) is 11.1 Å². The second kappa shape index (κ2) is 12.5. The van der Waals surface area contributed by atoms with E-state index >= 15 is 0 Å². The fraction of sp³-hybridized carbons (Fsp3) is 0.618. The molecule has 1 unspecified atom stereocenters. The first-order valence-electron chi connectivity index (χ1n) is 15.4. The Morgan fingerprint density at radius 2 is 1.73 bits per heavy atom. The summed E-state index contributed by atoms with van der Waals surface area (Å²) in [6.45, 7) is 10.8. The number of hydrogen-bond acceptors (Lipinski definition) is 4. The van der Waals surface area contributed by atoms with Gasteiger partial charge in [-0.1, -0.05) is 83.2 Å². The highest BCUT2D eigenvalue weighted by atomic mass is 16.3. The third-order valence-corrected chi connectivity index (χ3v) is 9.75. The smallest absolute Gasteiger partial charge is 0.255 e. The summed E-state index contributed by atoms with van der Waals surface area (Å²) in [7, 11) is 1.76. The van der Waals surface area contributed by atoms with E-state index in [9.17, 15) is 19.5 Å². The van der Waals surface area contributed by atoms with Gasteiger partial charge in [-0.3, -0.25) is 14.4 Å². The number of hydrogen-bond donors (Lipinski definition) is 1. The topological polar surface area (TPSA) is 82.8 Å². The van der Waals surface area contributed by atoms with Gasteiger partial charge in [0.1, 0.15) is 0 Å². The first-order valence-corrected chi connectivity index (χ1v) is 15.4. The van der Waals surface area contributed by atoms with Crippen molar-refractivity contribution in [2.75, 3.05) is 20.1 Å². The van der Waals surface area contributed by atoms with E-state index in [4.69, 9.17) is 0 Å². The molecule has 7 nitrogen and oxygen atoms in total. The van der Waals surface area contributed by atoms with Gasteiger partial charge in [0.2, 0.25) is 5.91 Å². The monoisotopic (exact) mass is 563 g/mol. The first-order chi connectivity index (χ1) is 19.3. The van der Waals surface area contributed by atoms with Crippen molar-refractivity contribution < 1.29 is 14.7 Å². The van der Waals surface area contributed by atoms with E-state index in [0.717, 1.165) is 12.0 Å². The van der Waals surface area contributed by atoms with Gasteiger partial charge in [0.05, 0.1) is 17.7 Å². The molecule has 0 radical (unpaired) electrons. The van der Waals surface area contributed by atoms with E-state index in [1.807, 2.05) is 69.9 Å². The van der Waals surface area contributed by atoms with E-state index in [-0.39, 0.29) is 35.9 Å². The van der Waals surface area contributed by atoms with Crippen molar-refractivity contribution in [3.63, 3.8) is 0 Å². The van der Waals surface area contributed by atoms with E-state index < -0.39 is 11.0 Å². The number of pyridine rings is 1. The van der Waals surface area contributed by atoms with Gasteiger partial charge in [-0.15, -0.1) is 0 Å². The van der Waals surface area contributed by atoms with Gasteiger partial charge in [-0.05, 0) is 38.2 Å². The molecule has 1 aliphatic carbocycles. The largest absolute Gasteiger partial charge is 0.387 e. The summed E-state index contributed by atoms with van der Waals surface area (Å²) in [5.74, 6) is 0.598. The van der Waals surface area contributed by atoms with Crippen LogP contribution >= 0.6 is 0 Å². The van der Waals surface area contributed by atoms with Crippen molar-refractivity contribution in [1.82, 2.24) is 14.4 Å². The number of nitrogens with zero attached hydrogens (tertiary/aromatic N) is 3. The average Bonchev–Trinajstić information content (AvgIpc) is 2.95. The molecule has 1 aromatic heterocycles. The second-order valence-corrected chi connectivity index (χ2v) is 13.5. The van der Waals surface area contributed by atoms with E-state index in [1.165, 1.54) is 42.7 Å². The minimum atomic E-state index is -1.22. The summed E-state index contributed by atoms with van der Waals surface area (Å²) in [6, 6.07) is 11.0. The predicted octanol–water partition coefficient (Wildman–Crippen LogP) is 5.59. The molecule has 41 heavy (non-hydrogen) atoms. The average molecular weight is 564 g/mol. The lowest BCUT2D eigenvalue weighted by Crippen LogP contribution is -2.61. The van der Waals surface area contributed by atoms with Gasteiger partial charge in [-0.2, -0.15) is 0 Å². The summed E-state index contributed by atoms with van der Waals surface area (Å²) >= 11 is 0. The Morgan fingerprint density at radius 1 is 1.07 bits per heavy atom. The fourth-order valence-electron chi connectivity index (χ4n) is 6.61. The van der Waals surface area contributed by atoms with Crippen LogP contribution in [0.2, 0.25) is 0 Å². The quantitative estimate of drug-likeness (QED) is 0.454. The molecule has 2 amide bonds. The van der Waals surface area contributed by atoms with E-state index in [2.05, 4.69) is 0 Å². The highest BCUT2D eigenvalue weighted by Gasteiger charge is 2.49. The summed E-state index contributed by atoms with van der Waals surface area (Å²) < 4.78 is 1.48. The van der Waals surface area contributed by atoms with Crippen molar-refractivity contribution in [1.29, 1.82) is 0 Å². The minimum Gasteiger partial charge on any atom is -0.387 e. The minimum absolute atomic E-state index is 0.0167. The summed E-state index contributed by atoms with van der Waals surface area (Å²) in [4.78, 5) is 44.0. The van der Waals surface area contributed by atoms with Gasteiger partial charge in [0.25, 0.3) is 11.5 Å². The molecule has 2 aliphatic rings. The number of aliphatic hydroxyl groups is 1. The molecular weight excluding hydrogens is 514 g/mol. The molecule has 1 saturated heterocycles. The third kappa shape index (κ3) is 6.77. The number of likely N-dealkylation sites (tertiary alicyclic amines) is 1. The second-order valence-electron chi connectivity index (χ2n) is 13.5. The first kappa shape index (κ1) is 31.0. The lowest BCUT2D eigenvalue weighted by atomic mass is 9.69. The molecule has 1 aliphatic heterocycles. The third-order valence-electron chi connectivity index (χ3n) is 9.75. The lowest BCUT2D eigenvalue weighted by Gasteiger charge is -2.51. The van der Waals surface area contributed by atoms with Crippen molar-refractivity contribution in [2.45, 2.75) is 97.8 Å². The Labute approximate surface area is 245 Å². The number of carbonyl (C=O) groups is 2. The Balaban J connectivity index is 1.57. The van der Waals surface area contributed by atoms with Gasteiger partial charge in [0.15, 0.2) is 0 Å². The maximum atomic E-state index is 13.6. The van der Waals surface area contributed by atoms with Crippen LogP contribution in [-0.4, -0.2) is 63.1 Å². The maximum absolute atomic E-state index is 13.6. The zero-order valence-electron chi connectivity index (χ0n) is 25.9. The van der Waals surface area contributed by atoms with E-state index in [1.54, 1.807) is 18.1 Å². The molecule has 1 aromatic carbocycles. The van der Waals surface area contributed by atoms with Crippen LogP contribution in [-0.2, 0) is 11.3 Å². The fourth-order valence-corrected chi connectivity index (χ4v) is 6.61. The van der Waals surface area contributed by atoms with Crippen LogP contribution in [0.4, 0.5) is 0 Å². The molecular formula is C34H49N3O4. The van der Waals surface area contributed by atoms with Crippen molar-refractivity contribution in [3.8, 4) is 11.1 Å². The van der Waals surface area contributed by atoms with Crippen molar-refractivity contribution in [2.24, 2.45) is 17.3 Å². The molecule has 4 rings (SSSR count). The van der Waals surface area contributed by atoms with Crippen LogP contribution < -0.4 is 5.56 Å². The Hall–Kier alpha value is -2.93. The number of aromatic nitrogens is 1. The normalized spacial score (nSPS) is 22.0. The molecule has 2 aromatic rings. The van der Waals surface area contributed by atoms with Crippen LogP contribution in [0.3, 0.4) is 0 Å². The van der Waals surface area contributed by atoms with Crippen LogP contribution in [0.15, 0.2) is 47.4 Å². The molecule has 0 bridgehead atoms. The van der Waals surface area contributed by atoms with Crippen LogP contribution in [0, 0.1) is 17.3 Å². The molecule has 224 valence electrons. The zero-order chi connectivity index (χ0) is 29.9. The molecule has 2 atom stereocenters. The number of benzene rings is 1. The zero-order valence-corrected chi connectivity index (χ0v) is 25.9. The Kier molecular flexibility index (Phi) is 9.47. The molecule has 0 spiro atoms. The Bertz CT molecular complexity index is 1280. The van der Waals surface area contributed by atoms with Crippen molar-refractivity contribution >= 4 is 11.8 Å². The highest BCUT2D eigenvalue weighted by Crippen LogP contribution is 2.41. The van der Waals surface area contributed by atoms with Crippen LogP contribution in [0.5, 0.6) is 0 Å². The summed E-state index contributed by atoms with van der Waals surface area (Å²) in [5, 5.41) is 12.0. The molecule has 1 saturated carbocycles. The van der Waals surface area contributed by atoms with Gasteiger partial charge in [0, 0.05) is 55.3 Å². The van der Waals surface area contributed by atoms with Crippen LogP contribution in [0.1, 0.15) is 89.9 Å². The standard InChI is InChI=1S/C34H49N3O4/c1-24(2)35(6)32(40)29-21-37(30(38)20-28(29)27-15-11-8-12-16-27)23-34(41)17-18-36(22-33(34,4)5)31(39)25(3)19-26-13-9-7-10-14-26/h8,11-12,15-16,20-21,24-26,41H,7,9-10,13-14,17-19,22-23H2,1-6H3/t25-,34?/m1/s1. The maximum Gasteiger partial charge on any atom is 0.255 e. The summed E-state index contributed by atoms with van der Waals surface area (Å²) in [6.07, 6.45) is 9.19.